The zero-order chi connectivity index (χ0) is 17.6. The first kappa shape index (κ1) is 21.0. The molecule has 0 aromatic heterocycles. The van der Waals surface area contributed by atoms with Crippen LogP contribution in [0.4, 0.5) is 0 Å². The van der Waals surface area contributed by atoms with Crippen LogP contribution in [0.1, 0.15) is 6.42 Å². The van der Waals surface area contributed by atoms with Gasteiger partial charge in [0.05, 0.1) is 23.0 Å². The maximum Gasteiger partial charge on any atom is 0.330 e. The fraction of sp³-hybridized carbons (Fsp3) is 0.750. The van der Waals surface area contributed by atoms with Crippen LogP contribution in [0.3, 0.4) is 0 Å². The van der Waals surface area contributed by atoms with E-state index in [-0.39, 0.29) is 12.4 Å². The van der Waals surface area contributed by atoms with E-state index in [1.54, 1.807) is 0 Å². The smallest absolute Gasteiger partial charge is 0.330 e. The van der Waals surface area contributed by atoms with E-state index in [0.29, 0.717) is 12.2 Å². The van der Waals surface area contributed by atoms with Gasteiger partial charge in [0.15, 0.2) is 15.4 Å². The third-order valence-electron chi connectivity index (χ3n) is 4.35. The molecule has 0 aromatic carbocycles. The van der Waals surface area contributed by atoms with E-state index in [1.165, 1.54) is 11.8 Å². The number of nitrogens with one attached hydrogen (secondary N) is 1. The Labute approximate surface area is 149 Å². The second-order valence-electron chi connectivity index (χ2n) is 5.82. The number of carboxylic acids is 2. The van der Waals surface area contributed by atoms with Gasteiger partial charge in [-0.1, -0.05) is 0 Å². The summed E-state index contributed by atoms with van der Waals surface area (Å²) in [7, 11) is -3.91. The molecule has 0 aromatic rings. The van der Waals surface area contributed by atoms with Gasteiger partial charge < -0.3 is 21.3 Å². The maximum absolute atomic E-state index is 12.1. The third-order valence-corrected chi connectivity index (χ3v) is 7.27. The zero-order valence-corrected chi connectivity index (χ0v) is 15.1. The molecule has 2 fully saturated rings. The van der Waals surface area contributed by atoms with E-state index in [4.69, 9.17) is 10.8 Å². The van der Waals surface area contributed by atoms with Crippen LogP contribution in [0.5, 0.6) is 0 Å². The van der Waals surface area contributed by atoms with Crippen molar-refractivity contribution in [3.05, 3.63) is 0 Å². The van der Waals surface area contributed by atoms with E-state index < -0.39 is 62.1 Å². The first-order valence-electron chi connectivity index (χ1n) is 6.83. The van der Waals surface area contributed by atoms with E-state index >= 15 is 0 Å². The second-order valence-corrected chi connectivity index (χ2v) is 8.96. The van der Waals surface area contributed by atoms with Crippen LogP contribution in [0.25, 0.3) is 0 Å². The van der Waals surface area contributed by atoms with Crippen molar-refractivity contribution in [3.8, 4) is 0 Å². The molecule has 1 heterocycles. The van der Waals surface area contributed by atoms with Gasteiger partial charge in [-0.2, -0.15) is 11.8 Å². The average molecular weight is 403 g/mol. The lowest BCUT2D eigenvalue weighted by atomic mass is 9.93. The Balaban J connectivity index is 0.00000288. The fourth-order valence-corrected chi connectivity index (χ4v) is 6.38. The van der Waals surface area contributed by atoms with Gasteiger partial charge in [0, 0.05) is 5.92 Å². The molecule has 1 aliphatic heterocycles. The van der Waals surface area contributed by atoms with E-state index in [2.05, 4.69) is 5.32 Å². The number of fused-ring (bicyclic) bond motifs is 1. The number of carboxylic acid groups (broad SMARTS) is 2. The van der Waals surface area contributed by atoms with Crippen molar-refractivity contribution < 1.29 is 33.0 Å². The quantitative estimate of drug-likeness (QED) is 0.399. The monoisotopic (exact) mass is 402 g/mol. The normalized spacial score (nSPS) is 33.7. The van der Waals surface area contributed by atoms with Crippen molar-refractivity contribution >= 4 is 51.9 Å². The lowest BCUT2D eigenvalue weighted by Crippen LogP contribution is -2.61. The van der Waals surface area contributed by atoms with Gasteiger partial charge in [0.25, 0.3) is 0 Å². The van der Waals surface area contributed by atoms with Crippen LogP contribution < -0.4 is 11.1 Å². The number of hydrogen-bond donors (Lipinski definition) is 4. The molecule has 0 bridgehead atoms. The molecule has 2 aliphatic rings. The maximum atomic E-state index is 12.1. The highest BCUT2D eigenvalue weighted by molar-refractivity contribution is 7.98. The first-order valence-corrected chi connectivity index (χ1v) is 9.93. The Morgan fingerprint density at radius 1 is 1.38 bits per heavy atom. The lowest BCUT2D eigenvalue weighted by molar-refractivity contribution is -0.148. The molecule has 0 spiro atoms. The standard InChI is InChI=1S/C12H18N2O7S2.ClH/c1-22-3-2-5(13)9(15)14-12(11(18)19)4-23(20,21)8-6(7(8)12)10(16)17;/h5-8H,2-4,13H2,1H3,(H,14,15)(H,16,17)(H,18,19);1H/t5-,6+,7+,8-,12-;/m0./s1. The summed E-state index contributed by atoms with van der Waals surface area (Å²) < 4.78 is 24.1. The van der Waals surface area contributed by atoms with Crippen molar-refractivity contribution in [2.75, 3.05) is 17.8 Å². The molecule has 12 heteroatoms. The van der Waals surface area contributed by atoms with Gasteiger partial charge in [0.1, 0.15) is 0 Å². The minimum Gasteiger partial charge on any atom is -0.481 e. The highest BCUT2D eigenvalue weighted by atomic mass is 35.5. The number of sulfone groups is 1. The number of carbonyl (C=O) groups excluding carboxylic acids is 1. The molecule has 1 aliphatic carbocycles. The Bertz CT molecular complexity index is 656. The van der Waals surface area contributed by atoms with Crippen LogP contribution in [0, 0.1) is 11.8 Å². The van der Waals surface area contributed by atoms with Crippen LogP contribution in [0.15, 0.2) is 0 Å². The SMILES string of the molecule is CSCC[C@H](N)C(=O)N[C@@]1(C(=O)O)CS(=O)(=O)[C@H]2[C@H](C(=O)O)[C@H]21.Cl. The average Bonchev–Trinajstić information content (AvgIpc) is 3.15. The molecule has 2 rings (SSSR count). The summed E-state index contributed by atoms with van der Waals surface area (Å²) in [6.07, 6.45) is 2.12. The number of thioether (sulfide) groups is 1. The first-order chi connectivity index (χ1) is 10.6. The highest BCUT2D eigenvalue weighted by Crippen LogP contribution is 2.57. The predicted molar refractivity (Wildman–Crippen MR) is 88.9 cm³/mol. The van der Waals surface area contributed by atoms with Gasteiger partial charge in [-0.05, 0) is 18.4 Å². The van der Waals surface area contributed by atoms with Gasteiger partial charge in [0.2, 0.25) is 5.91 Å². The Hall–Kier alpha value is -1.04. The van der Waals surface area contributed by atoms with E-state index in [1.807, 2.05) is 6.26 Å². The van der Waals surface area contributed by atoms with Crippen molar-refractivity contribution in [1.29, 1.82) is 0 Å². The number of hydrogen-bond acceptors (Lipinski definition) is 7. The molecule has 9 nitrogen and oxygen atoms in total. The second kappa shape index (κ2) is 7.06. The number of rotatable bonds is 7. The predicted octanol–water partition coefficient (Wildman–Crippen LogP) is -1.44. The lowest BCUT2D eigenvalue weighted by Gasteiger charge is -2.28. The summed E-state index contributed by atoms with van der Waals surface area (Å²) in [5, 5.41) is 19.5. The van der Waals surface area contributed by atoms with E-state index in [9.17, 15) is 27.9 Å². The summed E-state index contributed by atoms with van der Waals surface area (Å²) in [5.74, 6) is -6.43. The molecule has 0 radical (unpaired) electrons. The summed E-state index contributed by atoms with van der Waals surface area (Å²) >= 11 is 1.46. The Kier molecular flexibility index (Phi) is 6.18. The van der Waals surface area contributed by atoms with Crippen molar-refractivity contribution in [1.82, 2.24) is 5.32 Å². The molecule has 1 amide bonds. The largest absolute Gasteiger partial charge is 0.481 e. The van der Waals surface area contributed by atoms with Crippen LogP contribution in [-0.4, -0.2) is 71.1 Å². The molecule has 1 saturated carbocycles. The summed E-state index contributed by atoms with van der Waals surface area (Å²) in [5.41, 5.74) is 3.55. The zero-order valence-electron chi connectivity index (χ0n) is 12.7. The number of aliphatic carboxylic acids is 2. The molecular formula is C12H19ClN2O7S2. The van der Waals surface area contributed by atoms with Gasteiger partial charge >= 0.3 is 11.9 Å². The molecule has 5 N–H and O–H groups in total. The van der Waals surface area contributed by atoms with Crippen molar-refractivity contribution in [3.63, 3.8) is 0 Å². The van der Waals surface area contributed by atoms with Crippen LogP contribution >= 0.6 is 24.2 Å². The molecule has 0 unspecified atom stereocenters. The molecule has 1 saturated heterocycles. The fourth-order valence-electron chi connectivity index (χ4n) is 3.19. The van der Waals surface area contributed by atoms with E-state index in [0.717, 1.165) is 0 Å². The Morgan fingerprint density at radius 3 is 2.38 bits per heavy atom. The Morgan fingerprint density at radius 2 is 1.96 bits per heavy atom. The molecule has 24 heavy (non-hydrogen) atoms. The van der Waals surface area contributed by atoms with Crippen molar-refractivity contribution in [2.45, 2.75) is 23.3 Å². The highest BCUT2D eigenvalue weighted by Gasteiger charge is 2.79. The van der Waals surface area contributed by atoms with Gasteiger partial charge in [-0.15, -0.1) is 12.4 Å². The van der Waals surface area contributed by atoms with Gasteiger partial charge in [-0.25, -0.2) is 13.2 Å². The number of nitrogens with two attached hydrogens (primary N) is 1. The number of amides is 1. The van der Waals surface area contributed by atoms with Crippen molar-refractivity contribution in [2.24, 2.45) is 17.6 Å². The summed E-state index contributed by atoms with van der Waals surface area (Å²) in [6.45, 7) is 0. The number of carbonyl (C=O) groups is 3. The summed E-state index contributed by atoms with van der Waals surface area (Å²) in [6, 6.07) is -0.984. The van der Waals surface area contributed by atoms with Crippen LogP contribution in [-0.2, 0) is 24.2 Å². The van der Waals surface area contributed by atoms with Gasteiger partial charge in [-0.3, -0.25) is 9.59 Å². The number of halogens is 1. The molecule has 5 atom stereocenters. The minimum absolute atomic E-state index is 0. The molecule has 138 valence electrons. The third kappa shape index (κ3) is 3.35. The topological polar surface area (TPSA) is 164 Å². The summed E-state index contributed by atoms with van der Waals surface area (Å²) in [4.78, 5) is 34.9. The van der Waals surface area contributed by atoms with Crippen LogP contribution in [0.2, 0.25) is 0 Å². The minimum atomic E-state index is -3.91. The molecular weight excluding hydrogens is 384 g/mol.